The fraction of sp³-hybridized carbons (Fsp3) is 0.721. The molecule has 7 nitrogen and oxygen atoms in total. The normalized spacial score (nSPS) is 40.6. The van der Waals surface area contributed by atoms with Gasteiger partial charge in [0, 0.05) is 44.2 Å². The highest BCUT2D eigenvalue weighted by Crippen LogP contribution is 2.76. The summed E-state index contributed by atoms with van der Waals surface area (Å²) in [5, 5.41) is 23.1. The summed E-state index contributed by atoms with van der Waals surface area (Å²) in [5.74, 6) is 2.66. The summed E-state index contributed by atoms with van der Waals surface area (Å²) >= 11 is 0. The summed E-state index contributed by atoms with van der Waals surface area (Å²) in [4.78, 5) is 29.7. The third kappa shape index (κ3) is 5.17. The Labute approximate surface area is 301 Å². The van der Waals surface area contributed by atoms with Gasteiger partial charge in [-0.2, -0.15) is 0 Å². The van der Waals surface area contributed by atoms with Crippen LogP contribution in [0, 0.1) is 51.2 Å². The summed E-state index contributed by atoms with van der Waals surface area (Å²) < 4.78 is 0. The van der Waals surface area contributed by atoms with Crippen LogP contribution >= 0.6 is 0 Å². The van der Waals surface area contributed by atoms with Crippen molar-refractivity contribution in [2.75, 3.05) is 26.2 Å². The van der Waals surface area contributed by atoms with Gasteiger partial charge in [-0.25, -0.2) is 4.79 Å². The predicted molar refractivity (Wildman–Crippen MR) is 199 cm³/mol. The zero-order chi connectivity index (χ0) is 36.0. The molecule has 3 amide bonds. The molecule has 50 heavy (non-hydrogen) atoms. The molecular formula is C43H63N3O4. The molecule has 0 radical (unpaired) electrons. The third-order valence-corrected chi connectivity index (χ3v) is 16.5. The minimum Gasteiger partial charge on any atom is -0.364 e. The highest BCUT2D eigenvalue weighted by molar-refractivity contribution is 5.77. The van der Waals surface area contributed by atoms with Crippen LogP contribution in [-0.2, 0) is 4.79 Å². The summed E-state index contributed by atoms with van der Waals surface area (Å²) in [6.07, 6.45) is 11.4. The first kappa shape index (κ1) is 35.7. The SMILES string of the molecule is C=C(C)[C@@H]1CC[C@]2(NC(=O)N3CCN(C(C)=O)CC3)CC[C@]3(C)[C@H](CC[C@@H]4[C@@]5(C)CC=C(c6ccc(C(O)O)cc6)C(C)(C)[C@@H]5CC[C@]43C)[C@@H]12. The van der Waals surface area contributed by atoms with Gasteiger partial charge in [-0.15, -0.1) is 0 Å². The molecule has 1 saturated heterocycles. The van der Waals surface area contributed by atoms with E-state index in [-0.39, 0.29) is 39.1 Å². The van der Waals surface area contributed by atoms with E-state index in [0.29, 0.717) is 61.3 Å². The fourth-order valence-electron chi connectivity index (χ4n) is 13.8. The summed E-state index contributed by atoms with van der Waals surface area (Å²) in [6, 6.07) is 7.91. The Kier molecular flexibility index (Phi) is 8.74. The average molecular weight is 686 g/mol. The molecule has 0 spiro atoms. The second kappa shape index (κ2) is 12.2. The first-order valence-corrected chi connectivity index (χ1v) is 19.6. The molecule has 1 aromatic rings. The van der Waals surface area contributed by atoms with Gasteiger partial charge in [0.15, 0.2) is 6.29 Å². The Bertz CT molecular complexity index is 1560. The summed E-state index contributed by atoms with van der Waals surface area (Å²) in [7, 11) is 0. The number of piperazine rings is 1. The van der Waals surface area contributed by atoms with Gasteiger partial charge in [0.25, 0.3) is 0 Å². The Morgan fingerprint density at radius 2 is 1.48 bits per heavy atom. The van der Waals surface area contributed by atoms with E-state index in [1.54, 1.807) is 6.92 Å². The first-order chi connectivity index (χ1) is 23.5. The third-order valence-electron chi connectivity index (χ3n) is 16.5. The molecule has 0 bridgehead atoms. The van der Waals surface area contributed by atoms with Gasteiger partial charge in [-0.05, 0) is 127 Å². The molecule has 0 unspecified atom stereocenters. The van der Waals surface area contributed by atoms with Crippen molar-refractivity contribution in [2.24, 2.45) is 51.2 Å². The maximum Gasteiger partial charge on any atom is 0.317 e. The molecule has 1 heterocycles. The van der Waals surface area contributed by atoms with Gasteiger partial charge in [-0.1, -0.05) is 77.1 Å². The van der Waals surface area contributed by atoms with Crippen molar-refractivity contribution in [2.45, 2.75) is 118 Å². The van der Waals surface area contributed by atoms with Crippen LogP contribution in [0.3, 0.4) is 0 Å². The molecule has 7 rings (SSSR count). The van der Waals surface area contributed by atoms with Crippen LogP contribution in [0.2, 0.25) is 0 Å². The van der Waals surface area contributed by atoms with E-state index in [9.17, 15) is 19.8 Å². The van der Waals surface area contributed by atoms with Crippen molar-refractivity contribution in [1.82, 2.24) is 15.1 Å². The Balaban J connectivity index is 1.17. The van der Waals surface area contributed by atoms with Gasteiger partial charge < -0.3 is 25.3 Å². The van der Waals surface area contributed by atoms with Crippen LogP contribution in [0.1, 0.15) is 124 Å². The van der Waals surface area contributed by atoms with E-state index in [2.05, 4.69) is 71.6 Å². The molecule has 9 atom stereocenters. The molecule has 5 fully saturated rings. The highest BCUT2D eigenvalue weighted by Gasteiger charge is 2.70. The number of nitrogens with zero attached hydrogens (tertiary/aromatic N) is 2. The maximum atomic E-state index is 14.0. The molecule has 0 aromatic heterocycles. The lowest BCUT2D eigenvalue weighted by atomic mass is 9.33. The van der Waals surface area contributed by atoms with Crippen LogP contribution in [0.4, 0.5) is 4.79 Å². The van der Waals surface area contributed by atoms with Crippen LogP contribution in [0.15, 0.2) is 42.5 Å². The molecule has 1 aromatic carbocycles. The highest BCUT2D eigenvalue weighted by atomic mass is 16.5. The molecule has 3 N–H and O–H groups in total. The lowest BCUT2D eigenvalue weighted by molar-refractivity contribution is -0.218. The standard InChI is InChI=1S/C43H63N3O4/c1-27(2)31-15-20-43(44-38(50)46-25-23-45(24-26-46)28(3)47)22-21-41(7)33(36(31)43)13-14-35-40(6)18-16-32(29-9-11-30(12-10-29)37(48)49)39(4,5)34(40)17-19-42(35,41)8/h9-12,16,31,33-37,48-49H,1,13-15,17-26H2,2-8H3,(H,44,50)/t31-,33+,34-,35+,36+,40-,41+,42+,43-/m0/s1. The number of benzene rings is 1. The van der Waals surface area contributed by atoms with Crippen molar-refractivity contribution < 1.29 is 19.8 Å². The number of rotatable bonds is 4. The molecule has 4 saturated carbocycles. The fourth-order valence-corrected chi connectivity index (χ4v) is 13.8. The predicted octanol–water partition coefficient (Wildman–Crippen LogP) is 7.95. The van der Waals surface area contributed by atoms with E-state index in [0.717, 1.165) is 32.1 Å². The number of carbonyl (C=O) groups is 2. The van der Waals surface area contributed by atoms with Crippen molar-refractivity contribution in [3.63, 3.8) is 0 Å². The van der Waals surface area contributed by atoms with Crippen LogP contribution in [-0.4, -0.2) is 63.7 Å². The quantitative estimate of drug-likeness (QED) is 0.222. The molecular weight excluding hydrogens is 622 g/mol. The number of urea groups is 1. The van der Waals surface area contributed by atoms with Crippen LogP contribution in [0.25, 0.3) is 5.57 Å². The Hall–Kier alpha value is -2.64. The lowest BCUT2D eigenvalue weighted by Crippen LogP contribution is -2.69. The second-order valence-electron chi connectivity index (χ2n) is 18.8. The number of hydrogen-bond acceptors (Lipinski definition) is 4. The van der Waals surface area contributed by atoms with Gasteiger partial charge >= 0.3 is 6.03 Å². The molecule has 6 aliphatic rings. The summed E-state index contributed by atoms with van der Waals surface area (Å²) in [6.45, 7) is 23.7. The number of nitrogens with one attached hydrogen (secondary N) is 1. The average Bonchev–Trinajstić information content (AvgIpc) is 3.44. The van der Waals surface area contributed by atoms with E-state index < -0.39 is 6.29 Å². The number of carbonyl (C=O) groups excluding carboxylic acids is 2. The van der Waals surface area contributed by atoms with E-state index in [4.69, 9.17) is 0 Å². The van der Waals surface area contributed by atoms with E-state index >= 15 is 0 Å². The molecule has 5 aliphatic carbocycles. The van der Waals surface area contributed by atoms with E-state index in [1.165, 1.54) is 42.4 Å². The molecule has 7 heteroatoms. The largest absolute Gasteiger partial charge is 0.364 e. The number of fused-ring (bicyclic) bond motifs is 7. The van der Waals surface area contributed by atoms with Gasteiger partial charge in [0.05, 0.1) is 0 Å². The number of allylic oxidation sites excluding steroid dienone is 3. The maximum absolute atomic E-state index is 14.0. The molecule has 274 valence electrons. The topological polar surface area (TPSA) is 93.1 Å². The van der Waals surface area contributed by atoms with Gasteiger partial charge in [-0.3, -0.25) is 4.79 Å². The number of amides is 3. The van der Waals surface area contributed by atoms with Crippen molar-refractivity contribution in [3.05, 3.63) is 53.6 Å². The Morgan fingerprint density at radius 1 is 0.820 bits per heavy atom. The zero-order valence-electron chi connectivity index (χ0n) is 31.9. The van der Waals surface area contributed by atoms with Crippen molar-refractivity contribution in [1.29, 1.82) is 0 Å². The molecule has 1 aliphatic heterocycles. The smallest absolute Gasteiger partial charge is 0.317 e. The van der Waals surface area contributed by atoms with E-state index in [1.807, 2.05) is 21.9 Å². The monoisotopic (exact) mass is 685 g/mol. The second-order valence-corrected chi connectivity index (χ2v) is 18.8. The van der Waals surface area contributed by atoms with Gasteiger partial charge in [0.1, 0.15) is 0 Å². The number of hydrogen-bond donors (Lipinski definition) is 3. The first-order valence-electron chi connectivity index (χ1n) is 19.6. The van der Waals surface area contributed by atoms with Gasteiger partial charge in [0.2, 0.25) is 5.91 Å². The Morgan fingerprint density at radius 3 is 2.10 bits per heavy atom. The lowest BCUT2D eigenvalue weighted by Gasteiger charge is -2.72. The van der Waals surface area contributed by atoms with Crippen molar-refractivity contribution >= 4 is 17.5 Å². The van der Waals surface area contributed by atoms with Crippen molar-refractivity contribution in [3.8, 4) is 0 Å². The van der Waals surface area contributed by atoms with Crippen LogP contribution in [0.5, 0.6) is 0 Å². The number of aliphatic hydroxyl groups is 2. The minimum absolute atomic E-state index is 0.00380. The zero-order valence-corrected chi connectivity index (χ0v) is 31.9. The van der Waals surface area contributed by atoms with Crippen LogP contribution < -0.4 is 5.32 Å². The minimum atomic E-state index is -1.45. The number of aliphatic hydroxyl groups excluding tert-OH is 1. The summed E-state index contributed by atoms with van der Waals surface area (Å²) in [5.41, 5.74) is 4.81.